The highest BCUT2D eigenvalue weighted by atomic mass is 16.5. The number of rotatable bonds is 3. The summed E-state index contributed by atoms with van der Waals surface area (Å²) in [5.74, 6) is 0.454. The quantitative estimate of drug-likeness (QED) is 0.936. The maximum Gasteiger partial charge on any atom is 0.276 e. The zero-order valence-electron chi connectivity index (χ0n) is 11.7. The molecular weight excluding hydrogens is 268 g/mol. The van der Waals surface area contributed by atoms with Crippen molar-refractivity contribution in [3.8, 4) is 11.5 Å². The minimum absolute atomic E-state index is 0.0124. The molecule has 1 aliphatic rings. The summed E-state index contributed by atoms with van der Waals surface area (Å²) in [6.45, 7) is 3.01. The predicted molar refractivity (Wildman–Crippen MR) is 77.4 cm³/mol. The van der Waals surface area contributed by atoms with Crippen molar-refractivity contribution in [1.29, 1.82) is 0 Å². The molecular formula is C16H16N2O3. The molecule has 0 spiro atoms. The average molecular weight is 284 g/mol. The lowest BCUT2D eigenvalue weighted by molar-refractivity contribution is 0.0171. The summed E-state index contributed by atoms with van der Waals surface area (Å²) >= 11 is 0. The van der Waals surface area contributed by atoms with Gasteiger partial charge in [-0.1, -0.05) is 12.1 Å². The van der Waals surface area contributed by atoms with E-state index in [1.54, 1.807) is 11.0 Å². The maximum absolute atomic E-state index is 12.1. The van der Waals surface area contributed by atoms with Crippen molar-refractivity contribution in [2.75, 3.05) is 13.1 Å². The molecule has 2 heterocycles. The number of aromatic nitrogens is 1. The Labute approximate surface area is 122 Å². The Hall–Kier alpha value is -2.56. The van der Waals surface area contributed by atoms with E-state index in [9.17, 15) is 9.90 Å². The van der Waals surface area contributed by atoms with Gasteiger partial charge in [0.25, 0.3) is 5.91 Å². The number of aryl methyl sites for hydroxylation is 1. The van der Waals surface area contributed by atoms with Crippen LogP contribution in [0.1, 0.15) is 16.1 Å². The molecule has 108 valence electrons. The molecule has 1 aromatic heterocycles. The highest BCUT2D eigenvalue weighted by Gasteiger charge is 2.34. The van der Waals surface area contributed by atoms with Gasteiger partial charge in [0.15, 0.2) is 5.69 Å². The number of hydrogen-bond donors (Lipinski definition) is 1. The molecule has 5 heteroatoms. The van der Waals surface area contributed by atoms with Crippen molar-refractivity contribution in [3.05, 3.63) is 53.9 Å². The molecule has 1 N–H and O–H groups in total. The molecule has 0 radical (unpaired) electrons. The van der Waals surface area contributed by atoms with Crippen LogP contribution in [-0.2, 0) is 0 Å². The Morgan fingerprint density at radius 3 is 2.86 bits per heavy atom. The van der Waals surface area contributed by atoms with Gasteiger partial charge in [-0.15, -0.1) is 0 Å². The molecule has 5 nitrogen and oxygen atoms in total. The van der Waals surface area contributed by atoms with Crippen LogP contribution < -0.4 is 4.74 Å². The van der Waals surface area contributed by atoms with E-state index in [1.807, 2.05) is 31.2 Å². The van der Waals surface area contributed by atoms with E-state index in [-0.39, 0.29) is 23.5 Å². The summed E-state index contributed by atoms with van der Waals surface area (Å²) in [5.41, 5.74) is 1.23. The third-order valence-corrected chi connectivity index (χ3v) is 3.42. The molecule has 21 heavy (non-hydrogen) atoms. The molecule has 1 fully saturated rings. The van der Waals surface area contributed by atoms with E-state index in [1.165, 1.54) is 12.3 Å². The van der Waals surface area contributed by atoms with Crippen LogP contribution in [0.4, 0.5) is 0 Å². The van der Waals surface area contributed by atoms with Crippen LogP contribution in [0.25, 0.3) is 0 Å². The van der Waals surface area contributed by atoms with Crippen molar-refractivity contribution in [2.24, 2.45) is 0 Å². The number of pyridine rings is 1. The van der Waals surface area contributed by atoms with Gasteiger partial charge in [0.05, 0.1) is 13.1 Å². The molecule has 0 unspecified atom stereocenters. The minimum Gasteiger partial charge on any atom is -0.505 e. The number of carbonyl (C=O) groups is 1. The van der Waals surface area contributed by atoms with E-state index >= 15 is 0 Å². The largest absolute Gasteiger partial charge is 0.505 e. The number of likely N-dealkylation sites (tertiary alicyclic amines) is 1. The highest BCUT2D eigenvalue weighted by Crippen LogP contribution is 2.22. The van der Waals surface area contributed by atoms with E-state index in [0.717, 1.165) is 11.3 Å². The van der Waals surface area contributed by atoms with Crippen LogP contribution in [0.15, 0.2) is 42.6 Å². The number of aromatic hydroxyl groups is 1. The first-order valence-corrected chi connectivity index (χ1v) is 6.80. The first kappa shape index (κ1) is 13.4. The highest BCUT2D eigenvalue weighted by molar-refractivity contribution is 5.95. The van der Waals surface area contributed by atoms with E-state index < -0.39 is 0 Å². The molecule has 1 aliphatic heterocycles. The zero-order valence-corrected chi connectivity index (χ0v) is 11.7. The van der Waals surface area contributed by atoms with Crippen LogP contribution in [0, 0.1) is 6.92 Å². The van der Waals surface area contributed by atoms with Crippen LogP contribution >= 0.6 is 0 Å². The van der Waals surface area contributed by atoms with Crippen LogP contribution in [-0.4, -0.2) is 40.1 Å². The van der Waals surface area contributed by atoms with Gasteiger partial charge in [-0.25, -0.2) is 4.98 Å². The van der Waals surface area contributed by atoms with E-state index in [0.29, 0.717) is 13.1 Å². The number of hydrogen-bond acceptors (Lipinski definition) is 4. The van der Waals surface area contributed by atoms with Crippen molar-refractivity contribution < 1.29 is 14.6 Å². The molecule has 1 amide bonds. The molecule has 1 aromatic carbocycles. The van der Waals surface area contributed by atoms with Gasteiger partial charge in [-0.3, -0.25) is 4.79 Å². The van der Waals surface area contributed by atoms with E-state index in [4.69, 9.17) is 4.74 Å². The second-order valence-corrected chi connectivity index (χ2v) is 5.14. The van der Waals surface area contributed by atoms with Gasteiger partial charge >= 0.3 is 0 Å². The van der Waals surface area contributed by atoms with Crippen molar-refractivity contribution in [3.63, 3.8) is 0 Å². The van der Waals surface area contributed by atoms with Gasteiger partial charge in [-0.05, 0) is 36.8 Å². The lowest BCUT2D eigenvalue weighted by atomic mass is 10.1. The minimum atomic E-state index is -0.266. The number of ether oxygens (including phenoxy) is 1. The predicted octanol–water partition coefficient (Wildman–Crippen LogP) is 2.00. The summed E-state index contributed by atoms with van der Waals surface area (Å²) in [6, 6.07) is 10.9. The molecule has 0 bridgehead atoms. The normalized spacial score (nSPS) is 14.6. The van der Waals surface area contributed by atoms with E-state index in [2.05, 4.69) is 4.98 Å². The Balaban J connectivity index is 1.59. The van der Waals surface area contributed by atoms with Gasteiger partial charge < -0.3 is 14.7 Å². The van der Waals surface area contributed by atoms with Crippen molar-refractivity contribution in [1.82, 2.24) is 9.88 Å². The Morgan fingerprint density at radius 2 is 2.14 bits per heavy atom. The summed E-state index contributed by atoms with van der Waals surface area (Å²) < 4.78 is 5.80. The first-order chi connectivity index (χ1) is 10.1. The molecule has 0 saturated carbocycles. The summed E-state index contributed by atoms with van der Waals surface area (Å²) in [7, 11) is 0. The smallest absolute Gasteiger partial charge is 0.276 e. The lowest BCUT2D eigenvalue weighted by Gasteiger charge is -2.38. The first-order valence-electron chi connectivity index (χ1n) is 6.80. The number of carbonyl (C=O) groups excluding carboxylic acids is 1. The standard InChI is InChI=1S/C16H16N2O3/c1-11-4-2-5-12(8-11)21-13-9-18(10-13)16(20)15-14(19)6-3-7-17-15/h2-8,13,19H,9-10H2,1H3. The fourth-order valence-corrected chi connectivity index (χ4v) is 2.27. The Kier molecular flexibility index (Phi) is 3.48. The van der Waals surface area contributed by atoms with Crippen molar-refractivity contribution in [2.45, 2.75) is 13.0 Å². The molecule has 1 saturated heterocycles. The van der Waals surface area contributed by atoms with Gasteiger partial charge in [0.1, 0.15) is 17.6 Å². The van der Waals surface area contributed by atoms with Crippen LogP contribution in [0.2, 0.25) is 0 Å². The fraction of sp³-hybridized carbons (Fsp3) is 0.250. The van der Waals surface area contributed by atoms with Gasteiger partial charge in [0, 0.05) is 6.20 Å². The number of benzene rings is 1. The number of nitrogens with zero attached hydrogens (tertiary/aromatic N) is 2. The summed E-state index contributed by atoms with van der Waals surface area (Å²) in [5, 5.41) is 9.64. The second kappa shape index (κ2) is 5.44. The third kappa shape index (κ3) is 2.81. The monoisotopic (exact) mass is 284 g/mol. The topological polar surface area (TPSA) is 62.7 Å². The SMILES string of the molecule is Cc1cccc(OC2CN(C(=O)c3ncccc3O)C2)c1. The van der Waals surface area contributed by atoms with Crippen LogP contribution in [0.3, 0.4) is 0 Å². The third-order valence-electron chi connectivity index (χ3n) is 3.42. The van der Waals surface area contributed by atoms with Crippen LogP contribution in [0.5, 0.6) is 11.5 Å². The Morgan fingerprint density at radius 1 is 1.33 bits per heavy atom. The summed E-state index contributed by atoms with van der Waals surface area (Å²) in [6.07, 6.45) is 1.48. The summed E-state index contributed by atoms with van der Waals surface area (Å²) in [4.78, 5) is 17.7. The maximum atomic E-state index is 12.1. The molecule has 2 aromatic rings. The van der Waals surface area contributed by atoms with Crippen molar-refractivity contribution >= 4 is 5.91 Å². The number of amides is 1. The lowest BCUT2D eigenvalue weighted by Crippen LogP contribution is -2.56. The van der Waals surface area contributed by atoms with Gasteiger partial charge in [-0.2, -0.15) is 0 Å². The second-order valence-electron chi connectivity index (χ2n) is 5.14. The zero-order chi connectivity index (χ0) is 14.8. The molecule has 0 atom stereocenters. The molecule has 0 aliphatic carbocycles. The van der Waals surface area contributed by atoms with Gasteiger partial charge in [0.2, 0.25) is 0 Å². The Bertz CT molecular complexity index is 666. The average Bonchev–Trinajstić information content (AvgIpc) is 2.42. The fourth-order valence-electron chi connectivity index (χ4n) is 2.27. The molecule has 3 rings (SSSR count).